The lowest BCUT2D eigenvalue weighted by Gasteiger charge is -2.15. The van der Waals surface area contributed by atoms with Crippen LogP contribution in [0, 0.1) is 0 Å². The van der Waals surface area contributed by atoms with Crippen LogP contribution in [0.1, 0.15) is 12.5 Å². The number of carbonyl (C=O) groups is 2. The van der Waals surface area contributed by atoms with Crippen molar-refractivity contribution in [2.24, 2.45) is 5.73 Å². The number of fused-ring (bicyclic) bond motifs is 1. The molecule has 2 aromatic carbocycles. The molecule has 3 aromatic rings. The first-order valence-electron chi connectivity index (χ1n) is 7.56. The Bertz CT molecular complexity index is 915. The average molecular weight is 322 g/mol. The third-order valence-corrected chi connectivity index (χ3v) is 3.92. The van der Waals surface area contributed by atoms with Gasteiger partial charge >= 0.3 is 0 Å². The van der Waals surface area contributed by atoms with E-state index in [4.69, 9.17) is 5.73 Å². The number of amides is 2. The van der Waals surface area contributed by atoms with Crippen molar-refractivity contribution in [1.29, 1.82) is 0 Å². The van der Waals surface area contributed by atoms with Gasteiger partial charge in [0.05, 0.1) is 11.2 Å². The topological polar surface area (TPSA) is 100 Å². The fourth-order valence-electron chi connectivity index (χ4n) is 2.94. The molecule has 0 fully saturated rings. The van der Waals surface area contributed by atoms with Gasteiger partial charge in [-0.05, 0) is 34.9 Å². The zero-order chi connectivity index (χ0) is 17.1. The second-order valence-electron chi connectivity index (χ2n) is 5.41. The van der Waals surface area contributed by atoms with Crippen LogP contribution < -0.4 is 16.4 Å². The summed E-state index contributed by atoms with van der Waals surface area (Å²) in [5.41, 5.74) is 11.0. The maximum atomic E-state index is 11.4. The average Bonchev–Trinajstić information content (AvgIpc) is 3.05. The lowest BCUT2D eigenvalue weighted by atomic mass is 9.95. The minimum atomic E-state index is -0.140. The molecule has 0 aliphatic carbocycles. The fourth-order valence-corrected chi connectivity index (χ4v) is 2.94. The summed E-state index contributed by atoms with van der Waals surface area (Å²) in [7, 11) is 0. The molecule has 0 saturated heterocycles. The number of aromatic nitrogens is 1. The molecule has 2 amide bonds. The predicted octanol–water partition coefficient (Wildman–Crippen LogP) is 2.82. The van der Waals surface area contributed by atoms with E-state index >= 15 is 0 Å². The molecule has 3 rings (SSSR count). The summed E-state index contributed by atoms with van der Waals surface area (Å²) in [6, 6.07) is 11.4. The number of H-pyrrole nitrogens is 1. The van der Waals surface area contributed by atoms with Crippen molar-refractivity contribution in [3.8, 4) is 11.1 Å². The monoisotopic (exact) mass is 322 g/mol. The summed E-state index contributed by atoms with van der Waals surface area (Å²) >= 11 is 0. The van der Waals surface area contributed by atoms with Gasteiger partial charge in [-0.3, -0.25) is 9.59 Å². The SMILES string of the molecule is CC(=O)Nc1cccc(-c2ccc(NC=O)c3[nH]ccc23)c1CN. The Hall–Kier alpha value is -3.12. The third kappa shape index (κ3) is 2.75. The molecule has 122 valence electrons. The van der Waals surface area contributed by atoms with Gasteiger partial charge in [0.15, 0.2) is 0 Å². The van der Waals surface area contributed by atoms with E-state index < -0.39 is 0 Å². The largest absolute Gasteiger partial charge is 0.359 e. The Morgan fingerprint density at radius 1 is 1.17 bits per heavy atom. The molecule has 0 saturated carbocycles. The number of nitrogens with one attached hydrogen (secondary N) is 3. The van der Waals surface area contributed by atoms with Gasteiger partial charge in [0.1, 0.15) is 0 Å². The van der Waals surface area contributed by atoms with E-state index in [1.165, 1.54) is 6.92 Å². The third-order valence-electron chi connectivity index (χ3n) is 3.92. The lowest BCUT2D eigenvalue weighted by molar-refractivity contribution is -0.114. The van der Waals surface area contributed by atoms with Crippen molar-refractivity contribution in [2.45, 2.75) is 13.5 Å². The highest BCUT2D eigenvalue weighted by molar-refractivity contribution is 6.04. The van der Waals surface area contributed by atoms with E-state index in [0.29, 0.717) is 24.3 Å². The molecule has 0 aliphatic heterocycles. The van der Waals surface area contributed by atoms with E-state index in [9.17, 15) is 9.59 Å². The van der Waals surface area contributed by atoms with Crippen molar-refractivity contribution in [1.82, 2.24) is 4.98 Å². The van der Waals surface area contributed by atoms with Crippen LogP contribution in [0.3, 0.4) is 0 Å². The number of nitrogens with two attached hydrogens (primary N) is 1. The lowest BCUT2D eigenvalue weighted by Crippen LogP contribution is -2.11. The van der Waals surface area contributed by atoms with Gasteiger partial charge < -0.3 is 21.4 Å². The quantitative estimate of drug-likeness (QED) is 0.543. The van der Waals surface area contributed by atoms with Gasteiger partial charge in [-0.25, -0.2) is 0 Å². The summed E-state index contributed by atoms with van der Waals surface area (Å²) in [5, 5.41) is 6.48. The van der Waals surface area contributed by atoms with E-state index in [-0.39, 0.29) is 5.91 Å². The number of aromatic amines is 1. The molecule has 6 heteroatoms. The number of benzene rings is 2. The number of rotatable bonds is 5. The summed E-state index contributed by atoms with van der Waals surface area (Å²) < 4.78 is 0. The highest BCUT2D eigenvalue weighted by Crippen LogP contribution is 2.36. The van der Waals surface area contributed by atoms with Gasteiger partial charge in [0.25, 0.3) is 0 Å². The van der Waals surface area contributed by atoms with Crippen molar-refractivity contribution < 1.29 is 9.59 Å². The Kier molecular flexibility index (Phi) is 4.31. The minimum Gasteiger partial charge on any atom is -0.359 e. The Morgan fingerprint density at radius 3 is 2.71 bits per heavy atom. The van der Waals surface area contributed by atoms with Crippen molar-refractivity contribution >= 4 is 34.6 Å². The highest BCUT2D eigenvalue weighted by Gasteiger charge is 2.14. The molecular weight excluding hydrogens is 304 g/mol. The first-order valence-corrected chi connectivity index (χ1v) is 7.56. The second kappa shape index (κ2) is 6.55. The minimum absolute atomic E-state index is 0.140. The van der Waals surface area contributed by atoms with E-state index in [0.717, 1.165) is 27.6 Å². The van der Waals surface area contributed by atoms with Gasteiger partial charge in [0.2, 0.25) is 12.3 Å². The first kappa shape index (κ1) is 15.8. The van der Waals surface area contributed by atoms with Crippen LogP contribution in [0.2, 0.25) is 0 Å². The molecule has 0 spiro atoms. The molecule has 0 aliphatic rings. The molecule has 0 bridgehead atoms. The number of carbonyl (C=O) groups excluding carboxylic acids is 2. The van der Waals surface area contributed by atoms with E-state index in [1.807, 2.05) is 42.6 Å². The van der Waals surface area contributed by atoms with Crippen LogP contribution in [0.5, 0.6) is 0 Å². The van der Waals surface area contributed by atoms with Gasteiger partial charge in [-0.2, -0.15) is 0 Å². The molecule has 6 nitrogen and oxygen atoms in total. The highest BCUT2D eigenvalue weighted by atomic mass is 16.1. The summed E-state index contributed by atoms with van der Waals surface area (Å²) in [6.45, 7) is 1.77. The van der Waals surface area contributed by atoms with Crippen LogP contribution in [0.15, 0.2) is 42.6 Å². The molecule has 0 atom stereocenters. The van der Waals surface area contributed by atoms with Crippen LogP contribution >= 0.6 is 0 Å². The predicted molar refractivity (Wildman–Crippen MR) is 95.6 cm³/mol. The number of hydrogen-bond donors (Lipinski definition) is 4. The van der Waals surface area contributed by atoms with E-state index in [1.54, 1.807) is 0 Å². The Labute approximate surface area is 139 Å². The first-order chi connectivity index (χ1) is 11.7. The molecule has 0 unspecified atom stereocenters. The molecular formula is C18H18N4O2. The molecule has 0 radical (unpaired) electrons. The Balaban J connectivity index is 2.21. The fraction of sp³-hybridized carbons (Fsp3) is 0.111. The number of hydrogen-bond acceptors (Lipinski definition) is 3. The summed E-state index contributed by atoms with van der Waals surface area (Å²) in [6.07, 6.45) is 2.47. The van der Waals surface area contributed by atoms with Crippen LogP contribution in [-0.4, -0.2) is 17.3 Å². The summed E-state index contributed by atoms with van der Waals surface area (Å²) in [5.74, 6) is -0.140. The van der Waals surface area contributed by atoms with Crippen molar-refractivity contribution in [2.75, 3.05) is 10.6 Å². The Morgan fingerprint density at radius 2 is 2.00 bits per heavy atom. The summed E-state index contributed by atoms with van der Waals surface area (Å²) in [4.78, 5) is 25.3. The van der Waals surface area contributed by atoms with Gasteiger partial charge in [0, 0.05) is 30.7 Å². The van der Waals surface area contributed by atoms with Crippen LogP contribution in [-0.2, 0) is 16.1 Å². The van der Waals surface area contributed by atoms with Crippen molar-refractivity contribution in [3.63, 3.8) is 0 Å². The van der Waals surface area contributed by atoms with Gasteiger partial charge in [-0.1, -0.05) is 18.2 Å². The van der Waals surface area contributed by atoms with Gasteiger partial charge in [-0.15, -0.1) is 0 Å². The maximum absolute atomic E-state index is 11.4. The molecule has 1 heterocycles. The zero-order valence-corrected chi connectivity index (χ0v) is 13.2. The molecule has 24 heavy (non-hydrogen) atoms. The standard InChI is InChI=1S/C18H18N4O2/c1-11(24)22-16-4-2-3-12(15(16)9-19)13-5-6-17(21-10-23)18-14(13)7-8-20-18/h2-8,10,20H,9,19H2,1H3,(H,21,23)(H,22,24). The van der Waals surface area contributed by atoms with Crippen LogP contribution in [0.25, 0.3) is 22.0 Å². The van der Waals surface area contributed by atoms with Crippen molar-refractivity contribution in [3.05, 3.63) is 48.2 Å². The van der Waals surface area contributed by atoms with Crippen LogP contribution in [0.4, 0.5) is 11.4 Å². The zero-order valence-electron chi connectivity index (χ0n) is 13.2. The molecule has 1 aromatic heterocycles. The smallest absolute Gasteiger partial charge is 0.221 e. The van der Waals surface area contributed by atoms with E-state index in [2.05, 4.69) is 15.6 Å². The molecule has 5 N–H and O–H groups in total. The maximum Gasteiger partial charge on any atom is 0.221 e. The normalized spacial score (nSPS) is 10.6. The number of anilines is 2. The second-order valence-corrected chi connectivity index (χ2v) is 5.41.